The molecule has 0 bridgehead atoms. The Morgan fingerprint density at radius 1 is 1.15 bits per heavy atom. The van der Waals surface area contributed by atoms with Crippen LogP contribution in [0.1, 0.15) is 16.2 Å². The van der Waals surface area contributed by atoms with Gasteiger partial charge in [0.1, 0.15) is 0 Å². The van der Waals surface area contributed by atoms with E-state index >= 15 is 0 Å². The van der Waals surface area contributed by atoms with Crippen molar-refractivity contribution in [2.24, 2.45) is 0 Å². The molecule has 0 unspecified atom stereocenters. The van der Waals surface area contributed by atoms with E-state index in [2.05, 4.69) is 9.71 Å². The SMILES string of the molecule is CNS(=O)(=O)c1cccc(C(=O)OCc2ncc(-c3ccccc3)o2)c1. The van der Waals surface area contributed by atoms with Crippen LogP contribution in [0.25, 0.3) is 11.3 Å². The third-order valence-electron chi connectivity index (χ3n) is 3.59. The Kier molecular flexibility index (Phi) is 5.15. The molecule has 1 heterocycles. The molecule has 0 aliphatic rings. The number of carbonyl (C=O) groups is 1. The molecule has 0 aliphatic heterocycles. The van der Waals surface area contributed by atoms with Gasteiger partial charge in [-0.3, -0.25) is 0 Å². The zero-order valence-electron chi connectivity index (χ0n) is 13.9. The predicted molar refractivity (Wildman–Crippen MR) is 93.7 cm³/mol. The molecule has 0 atom stereocenters. The van der Waals surface area contributed by atoms with E-state index in [4.69, 9.17) is 9.15 Å². The van der Waals surface area contributed by atoms with Crippen molar-refractivity contribution >= 4 is 16.0 Å². The standard InChI is InChI=1S/C18H16N2O5S/c1-19-26(22,23)15-9-5-8-14(10-15)18(21)24-12-17-20-11-16(25-17)13-6-3-2-4-7-13/h2-11,19H,12H2,1H3. The summed E-state index contributed by atoms with van der Waals surface area (Å²) in [4.78, 5) is 16.2. The molecule has 1 N–H and O–H groups in total. The zero-order chi connectivity index (χ0) is 18.6. The van der Waals surface area contributed by atoms with E-state index < -0.39 is 16.0 Å². The van der Waals surface area contributed by atoms with Crippen LogP contribution >= 0.6 is 0 Å². The monoisotopic (exact) mass is 372 g/mol. The van der Waals surface area contributed by atoms with Crippen molar-refractivity contribution in [2.75, 3.05) is 7.05 Å². The van der Waals surface area contributed by atoms with Gasteiger partial charge in [0.15, 0.2) is 12.4 Å². The van der Waals surface area contributed by atoms with Gasteiger partial charge < -0.3 is 9.15 Å². The number of sulfonamides is 1. The molecule has 1 aromatic heterocycles. The lowest BCUT2D eigenvalue weighted by Crippen LogP contribution is -2.19. The number of hydrogen-bond donors (Lipinski definition) is 1. The van der Waals surface area contributed by atoms with Crippen molar-refractivity contribution < 1.29 is 22.4 Å². The molecule has 8 heteroatoms. The number of aromatic nitrogens is 1. The number of esters is 1. The fourth-order valence-electron chi connectivity index (χ4n) is 2.23. The Labute approximate surface area is 150 Å². The highest BCUT2D eigenvalue weighted by Crippen LogP contribution is 2.20. The lowest BCUT2D eigenvalue weighted by atomic mass is 10.2. The molecule has 2 aromatic carbocycles. The highest BCUT2D eigenvalue weighted by Gasteiger charge is 2.16. The first-order valence-electron chi connectivity index (χ1n) is 7.70. The number of nitrogens with one attached hydrogen (secondary N) is 1. The summed E-state index contributed by atoms with van der Waals surface area (Å²) in [5.74, 6) is 0.146. The van der Waals surface area contributed by atoms with Crippen LogP contribution in [-0.4, -0.2) is 26.4 Å². The first-order valence-corrected chi connectivity index (χ1v) is 9.19. The molecule has 26 heavy (non-hydrogen) atoms. The highest BCUT2D eigenvalue weighted by molar-refractivity contribution is 7.89. The van der Waals surface area contributed by atoms with Crippen LogP contribution in [0.15, 0.2) is 70.1 Å². The molecule has 0 aliphatic carbocycles. The molecule has 0 saturated carbocycles. The molecular weight excluding hydrogens is 356 g/mol. The number of hydrogen-bond acceptors (Lipinski definition) is 6. The number of carbonyl (C=O) groups excluding carboxylic acids is 1. The van der Waals surface area contributed by atoms with E-state index in [-0.39, 0.29) is 23.0 Å². The molecule has 134 valence electrons. The normalized spacial score (nSPS) is 11.3. The fraction of sp³-hybridized carbons (Fsp3) is 0.111. The second kappa shape index (κ2) is 7.51. The van der Waals surface area contributed by atoms with Crippen molar-refractivity contribution in [2.45, 2.75) is 11.5 Å². The lowest BCUT2D eigenvalue weighted by molar-refractivity contribution is 0.0438. The van der Waals surface area contributed by atoms with E-state index in [1.807, 2.05) is 30.3 Å². The Balaban J connectivity index is 1.68. The number of rotatable bonds is 6. The smallest absolute Gasteiger partial charge is 0.338 e. The number of nitrogens with zero attached hydrogens (tertiary/aromatic N) is 1. The molecule has 0 fully saturated rings. The van der Waals surface area contributed by atoms with Crippen LogP contribution in [-0.2, 0) is 21.4 Å². The minimum absolute atomic E-state index is 0.0167. The van der Waals surface area contributed by atoms with Gasteiger partial charge in [0.25, 0.3) is 0 Å². The quantitative estimate of drug-likeness (QED) is 0.668. The van der Waals surface area contributed by atoms with Crippen LogP contribution in [0.5, 0.6) is 0 Å². The minimum Gasteiger partial charge on any atom is -0.452 e. The Hall–Kier alpha value is -2.97. The van der Waals surface area contributed by atoms with Gasteiger partial charge in [0, 0.05) is 5.56 Å². The van der Waals surface area contributed by atoms with E-state index in [1.165, 1.54) is 31.3 Å². The Bertz CT molecular complexity index is 1010. The summed E-state index contributed by atoms with van der Waals surface area (Å²) in [5.41, 5.74) is 0.985. The van der Waals surface area contributed by atoms with Gasteiger partial charge >= 0.3 is 5.97 Å². The average Bonchev–Trinajstić information content (AvgIpc) is 3.16. The van der Waals surface area contributed by atoms with Gasteiger partial charge in [-0.15, -0.1) is 0 Å². The summed E-state index contributed by atoms with van der Waals surface area (Å²) in [7, 11) is -2.34. The summed E-state index contributed by atoms with van der Waals surface area (Å²) in [5, 5.41) is 0. The minimum atomic E-state index is -3.64. The summed E-state index contributed by atoms with van der Waals surface area (Å²) >= 11 is 0. The fourth-order valence-corrected chi connectivity index (χ4v) is 3.01. The van der Waals surface area contributed by atoms with Crippen molar-refractivity contribution in [3.8, 4) is 11.3 Å². The lowest BCUT2D eigenvalue weighted by Gasteiger charge is -2.05. The van der Waals surface area contributed by atoms with E-state index in [9.17, 15) is 13.2 Å². The van der Waals surface area contributed by atoms with E-state index in [0.717, 1.165) is 5.56 Å². The maximum atomic E-state index is 12.2. The number of ether oxygens (including phenoxy) is 1. The molecule has 0 radical (unpaired) electrons. The number of oxazole rings is 1. The van der Waals surface area contributed by atoms with Gasteiger partial charge in [-0.25, -0.2) is 22.9 Å². The van der Waals surface area contributed by atoms with Crippen LogP contribution in [0.4, 0.5) is 0 Å². The Morgan fingerprint density at radius 3 is 2.65 bits per heavy atom. The molecule has 7 nitrogen and oxygen atoms in total. The molecule has 3 aromatic rings. The average molecular weight is 372 g/mol. The van der Waals surface area contributed by atoms with Crippen molar-refractivity contribution in [3.63, 3.8) is 0 Å². The van der Waals surface area contributed by atoms with Crippen molar-refractivity contribution in [3.05, 3.63) is 72.2 Å². The van der Waals surface area contributed by atoms with Crippen LogP contribution in [0.2, 0.25) is 0 Å². The second-order valence-corrected chi connectivity index (χ2v) is 7.18. The van der Waals surface area contributed by atoms with Crippen LogP contribution < -0.4 is 4.72 Å². The third kappa shape index (κ3) is 3.98. The van der Waals surface area contributed by atoms with Crippen molar-refractivity contribution in [1.29, 1.82) is 0 Å². The third-order valence-corrected chi connectivity index (χ3v) is 5.00. The molecule has 0 spiro atoms. The zero-order valence-corrected chi connectivity index (χ0v) is 14.7. The van der Waals surface area contributed by atoms with Gasteiger partial charge in [-0.2, -0.15) is 0 Å². The largest absolute Gasteiger partial charge is 0.452 e. The summed E-state index contributed by atoms with van der Waals surface area (Å²) in [6, 6.07) is 15.0. The maximum Gasteiger partial charge on any atom is 0.338 e. The van der Waals surface area contributed by atoms with Gasteiger partial charge in [0.2, 0.25) is 15.9 Å². The van der Waals surface area contributed by atoms with E-state index in [1.54, 1.807) is 6.20 Å². The first-order chi connectivity index (χ1) is 12.5. The Morgan fingerprint density at radius 2 is 1.92 bits per heavy atom. The van der Waals surface area contributed by atoms with Gasteiger partial charge in [0.05, 0.1) is 16.7 Å². The van der Waals surface area contributed by atoms with Crippen molar-refractivity contribution in [1.82, 2.24) is 9.71 Å². The first kappa shape index (κ1) is 17.8. The molecule has 0 saturated heterocycles. The number of benzene rings is 2. The topological polar surface area (TPSA) is 98.5 Å². The summed E-state index contributed by atoms with van der Waals surface area (Å²) < 4.78 is 36.5. The van der Waals surface area contributed by atoms with Gasteiger partial charge in [-0.1, -0.05) is 36.4 Å². The van der Waals surface area contributed by atoms with E-state index in [0.29, 0.717) is 5.76 Å². The molecule has 0 amide bonds. The predicted octanol–water partition coefficient (Wildman–Crippen LogP) is 2.61. The molecular formula is C18H16N2O5S. The summed E-state index contributed by atoms with van der Waals surface area (Å²) in [6.07, 6.45) is 1.55. The highest BCUT2D eigenvalue weighted by atomic mass is 32.2. The van der Waals surface area contributed by atoms with Crippen LogP contribution in [0.3, 0.4) is 0 Å². The van der Waals surface area contributed by atoms with Gasteiger partial charge in [-0.05, 0) is 25.2 Å². The second-order valence-electron chi connectivity index (χ2n) is 5.30. The molecule has 3 rings (SSSR count). The summed E-state index contributed by atoms with van der Waals surface area (Å²) in [6.45, 7) is -0.158. The maximum absolute atomic E-state index is 12.2. The van der Waals surface area contributed by atoms with Crippen LogP contribution in [0, 0.1) is 0 Å².